The van der Waals surface area contributed by atoms with Gasteiger partial charge in [0.1, 0.15) is 6.10 Å². The SMILES string of the molecule is CCn1cc(C(=O)NC2CC3(C2)CC(C(=O)OC(C)c2ccccc2)C3)c2c(Cc3ccc(C(F)(F)F)cc3)cccc21. The number of esters is 1. The quantitative estimate of drug-likeness (QED) is 0.213. The molecule has 0 radical (unpaired) electrons. The average molecular weight is 589 g/mol. The first-order valence-corrected chi connectivity index (χ1v) is 14.9. The van der Waals surface area contributed by atoms with Gasteiger partial charge in [0, 0.05) is 29.7 Å². The van der Waals surface area contributed by atoms with Crippen molar-refractivity contribution < 1.29 is 27.5 Å². The molecular formula is C35H35F3N2O3. The standard InChI is InChI=1S/C35H35F3N2O3/c1-3-40-21-29(31-25(10-7-11-30(31)40)16-23-12-14-27(15-13-23)35(36,37)38)32(41)39-28-19-34(20-28)17-26(18-34)33(42)43-22(2)24-8-5-4-6-9-24/h4-15,21-22,26,28H,3,16-20H2,1-2H3,(H,39,41). The minimum Gasteiger partial charge on any atom is -0.458 e. The Morgan fingerprint density at radius 3 is 2.33 bits per heavy atom. The number of benzene rings is 3. The van der Waals surface area contributed by atoms with E-state index in [1.54, 1.807) is 0 Å². The molecular weight excluding hydrogens is 553 g/mol. The van der Waals surface area contributed by atoms with Crippen LogP contribution >= 0.6 is 0 Å². The lowest BCUT2D eigenvalue weighted by atomic mass is 9.50. The van der Waals surface area contributed by atoms with Crippen LogP contribution < -0.4 is 5.32 Å². The second kappa shape index (κ2) is 11.2. The van der Waals surface area contributed by atoms with Gasteiger partial charge in [-0.05, 0) is 86.3 Å². The predicted octanol–water partition coefficient (Wildman–Crippen LogP) is 7.86. The molecule has 0 aliphatic heterocycles. The summed E-state index contributed by atoms with van der Waals surface area (Å²) in [5, 5.41) is 4.03. The summed E-state index contributed by atoms with van der Waals surface area (Å²) >= 11 is 0. The van der Waals surface area contributed by atoms with E-state index in [4.69, 9.17) is 4.74 Å². The van der Waals surface area contributed by atoms with Crippen LogP contribution in [-0.2, 0) is 28.7 Å². The number of aromatic nitrogens is 1. The van der Waals surface area contributed by atoms with Crippen LogP contribution in [0.5, 0.6) is 0 Å². The van der Waals surface area contributed by atoms with Crippen molar-refractivity contribution in [1.82, 2.24) is 9.88 Å². The molecule has 4 aromatic rings. The first-order valence-electron chi connectivity index (χ1n) is 14.9. The maximum absolute atomic E-state index is 13.6. The molecule has 6 rings (SSSR count). The maximum atomic E-state index is 13.6. The molecule has 1 N–H and O–H groups in total. The lowest BCUT2D eigenvalue weighted by Gasteiger charge is -2.57. The number of carbonyl (C=O) groups excluding carboxylic acids is 2. The molecule has 2 aliphatic rings. The van der Waals surface area contributed by atoms with Crippen LogP contribution in [-0.4, -0.2) is 22.5 Å². The van der Waals surface area contributed by atoms with Gasteiger partial charge in [-0.25, -0.2) is 0 Å². The number of hydrogen-bond donors (Lipinski definition) is 1. The van der Waals surface area contributed by atoms with E-state index < -0.39 is 11.7 Å². The lowest BCUT2D eigenvalue weighted by molar-refractivity contribution is -0.167. The Morgan fingerprint density at radius 2 is 1.67 bits per heavy atom. The third-order valence-electron chi connectivity index (χ3n) is 9.20. The molecule has 2 aliphatic carbocycles. The summed E-state index contributed by atoms with van der Waals surface area (Å²) in [4.78, 5) is 26.3. The highest BCUT2D eigenvalue weighted by Gasteiger charge is 2.55. The Balaban J connectivity index is 1.09. The Morgan fingerprint density at radius 1 is 0.977 bits per heavy atom. The fourth-order valence-electron chi connectivity index (χ4n) is 6.94. The molecule has 2 saturated carbocycles. The molecule has 0 saturated heterocycles. The van der Waals surface area contributed by atoms with Crippen molar-refractivity contribution in [3.05, 3.63) is 107 Å². The van der Waals surface area contributed by atoms with Gasteiger partial charge >= 0.3 is 12.1 Å². The largest absolute Gasteiger partial charge is 0.458 e. The second-order valence-electron chi connectivity index (χ2n) is 12.2. The summed E-state index contributed by atoms with van der Waals surface area (Å²) in [7, 11) is 0. The summed E-state index contributed by atoms with van der Waals surface area (Å²) < 4.78 is 46.9. The van der Waals surface area contributed by atoms with Crippen LogP contribution in [0.3, 0.4) is 0 Å². The zero-order valence-electron chi connectivity index (χ0n) is 24.3. The summed E-state index contributed by atoms with van der Waals surface area (Å²) in [6.45, 7) is 4.58. The number of carbonyl (C=O) groups is 2. The minimum atomic E-state index is -4.38. The van der Waals surface area contributed by atoms with E-state index >= 15 is 0 Å². The zero-order chi connectivity index (χ0) is 30.4. The van der Waals surface area contributed by atoms with Gasteiger partial charge < -0.3 is 14.6 Å². The molecule has 3 aromatic carbocycles. The van der Waals surface area contributed by atoms with Crippen LogP contribution in [0.1, 0.15) is 78.2 Å². The number of fused-ring (bicyclic) bond motifs is 1. The van der Waals surface area contributed by atoms with Crippen molar-refractivity contribution in [1.29, 1.82) is 0 Å². The van der Waals surface area contributed by atoms with E-state index in [1.165, 1.54) is 12.1 Å². The zero-order valence-corrected chi connectivity index (χ0v) is 24.3. The highest BCUT2D eigenvalue weighted by atomic mass is 19.4. The number of ether oxygens (including phenoxy) is 1. The van der Waals surface area contributed by atoms with Gasteiger partial charge in [-0.15, -0.1) is 0 Å². The molecule has 224 valence electrons. The monoisotopic (exact) mass is 588 g/mol. The number of aryl methyl sites for hydroxylation is 1. The van der Waals surface area contributed by atoms with Gasteiger partial charge in [0.25, 0.3) is 5.91 Å². The number of nitrogens with one attached hydrogen (secondary N) is 1. The van der Waals surface area contributed by atoms with Gasteiger partial charge in [-0.2, -0.15) is 13.2 Å². The van der Waals surface area contributed by atoms with E-state index in [0.717, 1.165) is 65.4 Å². The van der Waals surface area contributed by atoms with Crippen LogP contribution in [0.2, 0.25) is 0 Å². The van der Waals surface area contributed by atoms with Gasteiger partial charge in [0.2, 0.25) is 0 Å². The van der Waals surface area contributed by atoms with Gasteiger partial charge in [0.05, 0.1) is 17.0 Å². The molecule has 1 aromatic heterocycles. The van der Waals surface area contributed by atoms with Crippen molar-refractivity contribution in [2.75, 3.05) is 0 Å². The lowest BCUT2D eigenvalue weighted by Crippen LogP contribution is -2.57. The first kappa shape index (κ1) is 29.0. The number of amides is 1. The third kappa shape index (κ3) is 5.79. The van der Waals surface area contributed by atoms with E-state index in [2.05, 4.69) is 5.32 Å². The van der Waals surface area contributed by atoms with Crippen molar-refractivity contribution >= 4 is 22.8 Å². The number of rotatable bonds is 8. The molecule has 0 bridgehead atoms. The Kier molecular flexibility index (Phi) is 7.57. The van der Waals surface area contributed by atoms with E-state index in [1.807, 2.05) is 73.1 Å². The number of nitrogens with zero attached hydrogens (tertiary/aromatic N) is 1. The molecule has 1 atom stereocenters. The van der Waals surface area contributed by atoms with Crippen LogP contribution in [0, 0.1) is 11.3 Å². The molecule has 8 heteroatoms. The predicted molar refractivity (Wildman–Crippen MR) is 158 cm³/mol. The van der Waals surface area contributed by atoms with Gasteiger partial charge in [-0.3, -0.25) is 9.59 Å². The van der Waals surface area contributed by atoms with E-state index in [-0.39, 0.29) is 35.4 Å². The molecule has 43 heavy (non-hydrogen) atoms. The van der Waals surface area contributed by atoms with Crippen molar-refractivity contribution in [3.63, 3.8) is 0 Å². The Labute approximate surface area is 249 Å². The van der Waals surface area contributed by atoms with Crippen LogP contribution in [0.25, 0.3) is 10.9 Å². The number of halogens is 3. The van der Waals surface area contributed by atoms with Crippen molar-refractivity contribution in [3.8, 4) is 0 Å². The van der Waals surface area contributed by atoms with Crippen LogP contribution in [0.4, 0.5) is 13.2 Å². The Bertz CT molecular complexity index is 1630. The minimum absolute atomic E-state index is 0.0369. The smallest absolute Gasteiger partial charge is 0.416 e. The average Bonchev–Trinajstić information content (AvgIpc) is 3.33. The van der Waals surface area contributed by atoms with E-state index in [9.17, 15) is 22.8 Å². The summed E-state index contributed by atoms with van der Waals surface area (Å²) in [5.74, 6) is -0.399. The Hall–Kier alpha value is -4.07. The topological polar surface area (TPSA) is 60.3 Å². The first-order chi connectivity index (χ1) is 20.5. The molecule has 1 spiro atoms. The molecule has 1 unspecified atom stereocenters. The molecule has 1 heterocycles. The number of alkyl halides is 3. The number of hydrogen-bond acceptors (Lipinski definition) is 3. The second-order valence-corrected chi connectivity index (χ2v) is 12.2. The summed E-state index contributed by atoms with van der Waals surface area (Å²) in [6.07, 6.45) is 0.853. The molecule has 1 amide bonds. The summed E-state index contributed by atoms with van der Waals surface area (Å²) in [6, 6.07) is 20.8. The summed E-state index contributed by atoms with van der Waals surface area (Å²) in [5.41, 5.74) is 3.52. The fraction of sp³-hybridized carbons (Fsp3) is 0.371. The fourth-order valence-corrected chi connectivity index (χ4v) is 6.94. The molecule has 5 nitrogen and oxygen atoms in total. The maximum Gasteiger partial charge on any atom is 0.416 e. The highest BCUT2D eigenvalue weighted by molar-refractivity contribution is 6.08. The van der Waals surface area contributed by atoms with Crippen LogP contribution in [0.15, 0.2) is 79.0 Å². The van der Waals surface area contributed by atoms with E-state index in [0.29, 0.717) is 18.5 Å². The highest BCUT2D eigenvalue weighted by Crippen LogP contribution is 2.59. The molecule has 2 fully saturated rings. The van der Waals surface area contributed by atoms with Crippen molar-refractivity contribution in [2.24, 2.45) is 11.3 Å². The van der Waals surface area contributed by atoms with Gasteiger partial charge in [0.15, 0.2) is 0 Å². The third-order valence-corrected chi connectivity index (χ3v) is 9.20. The van der Waals surface area contributed by atoms with Gasteiger partial charge in [-0.1, -0.05) is 54.6 Å². The normalized spacial score (nSPS) is 22.1. The van der Waals surface area contributed by atoms with Crippen molar-refractivity contribution in [2.45, 2.75) is 70.8 Å².